The molecule has 0 bridgehead atoms. The second-order valence-electron chi connectivity index (χ2n) is 3.54. The second-order valence-corrected chi connectivity index (χ2v) is 3.54. The molecule has 1 saturated heterocycles. The summed E-state index contributed by atoms with van der Waals surface area (Å²) in [7, 11) is 0. The summed E-state index contributed by atoms with van der Waals surface area (Å²) < 4.78 is 5.33. The first-order valence-electron chi connectivity index (χ1n) is 4.69. The lowest BCUT2D eigenvalue weighted by atomic mass is 10.0. The van der Waals surface area contributed by atoms with Crippen LogP contribution in [0.1, 0.15) is 13.3 Å². The Kier molecular flexibility index (Phi) is 2.49. The Morgan fingerprint density at radius 1 is 1.77 bits per heavy atom. The molecule has 1 aliphatic heterocycles. The first kappa shape index (κ1) is 8.56. The van der Waals surface area contributed by atoms with Crippen molar-refractivity contribution in [2.45, 2.75) is 19.4 Å². The van der Waals surface area contributed by atoms with Crippen LogP contribution in [0, 0.1) is 5.92 Å². The van der Waals surface area contributed by atoms with E-state index < -0.39 is 0 Å². The summed E-state index contributed by atoms with van der Waals surface area (Å²) in [5.74, 6) is 0.634. The van der Waals surface area contributed by atoms with Gasteiger partial charge in [-0.2, -0.15) is 5.10 Å². The molecule has 13 heavy (non-hydrogen) atoms. The first-order chi connectivity index (χ1) is 6.36. The Morgan fingerprint density at radius 3 is 3.31 bits per heavy atom. The van der Waals surface area contributed by atoms with Crippen LogP contribution in [-0.2, 0) is 4.74 Å². The molecule has 4 nitrogen and oxygen atoms in total. The fourth-order valence-electron chi connectivity index (χ4n) is 1.66. The van der Waals surface area contributed by atoms with Crippen molar-refractivity contribution < 1.29 is 4.74 Å². The van der Waals surface area contributed by atoms with Crippen LogP contribution in [0.3, 0.4) is 0 Å². The molecule has 72 valence electrons. The van der Waals surface area contributed by atoms with Crippen LogP contribution < -0.4 is 5.32 Å². The molecule has 2 unspecified atom stereocenters. The molecule has 1 aromatic rings. The Bertz CT molecular complexity index is 241. The summed E-state index contributed by atoms with van der Waals surface area (Å²) in [5.41, 5.74) is 1.06. The normalized spacial score (nSPS) is 24.5. The maximum Gasteiger partial charge on any atom is 0.0725 e. The van der Waals surface area contributed by atoms with E-state index in [9.17, 15) is 0 Å². The number of anilines is 1. The van der Waals surface area contributed by atoms with Gasteiger partial charge in [-0.3, -0.25) is 5.10 Å². The van der Waals surface area contributed by atoms with Gasteiger partial charge < -0.3 is 10.1 Å². The smallest absolute Gasteiger partial charge is 0.0725 e. The average molecular weight is 181 g/mol. The van der Waals surface area contributed by atoms with Gasteiger partial charge in [-0.1, -0.05) is 0 Å². The van der Waals surface area contributed by atoms with Gasteiger partial charge in [0, 0.05) is 24.8 Å². The number of rotatable bonds is 3. The quantitative estimate of drug-likeness (QED) is 0.737. The van der Waals surface area contributed by atoms with Crippen LogP contribution in [0.4, 0.5) is 5.69 Å². The van der Waals surface area contributed by atoms with E-state index in [0.717, 1.165) is 25.3 Å². The molecule has 0 radical (unpaired) electrons. The lowest BCUT2D eigenvalue weighted by Gasteiger charge is -2.18. The lowest BCUT2D eigenvalue weighted by molar-refractivity contribution is 0.183. The number of aromatic amines is 1. The van der Waals surface area contributed by atoms with Crippen LogP contribution in [-0.4, -0.2) is 29.5 Å². The summed E-state index contributed by atoms with van der Waals surface area (Å²) in [4.78, 5) is 0. The zero-order valence-corrected chi connectivity index (χ0v) is 7.79. The Hall–Kier alpha value is -1.03. The van der Waals surface area contributed by atoms with E-state index in [4.69, 9.17) is 4.74 Å². The molecule has 4 heteroatoms. The predicted molar refractivity (Wildman–Crippen MR) is 50.6 cm³/mol. The van der Waals surface area contributed by atoms with E-state index in [1.54, 1.807) is 6.20 Å². The highest BCUT2D eigenvalue weighted by Gasteiger charge is 2.21. The molecule has 0 amide bonds. The van der Waals surface area contributed by atoms with E-state index in [1.165, 1.54) is 0 Å². The van der Waals surface area contributed by atoms with Crippen molar-refractivity contribution in [2.24, 2.45) is 5.92 Å². The zero-order valence-electron chi connectivity index (χ0n) is 7.79. The van der Waals surface area contributed by atoms with E-state index >= 15 is 0 Å². The minimum atomic E-state index is 0.458. The molecule has 2 atom stereocenters. The largest absolute Gasteiger partial charge is 0.381 e. The van der Waals surface area contributed by atoms with Gasteiger partial charge >= 0.3 is 0 Å². The number of aromatic nitrogens is 2. The first-order valence-corrected chi connectivity index (χ1v) is 4.69. The maximum absolute atomic E-state index is 5.33. The van der Waals surface area contributed by atoms with Gasteiger partial charge in [0.05, 0.1) is 18.5 Å². The van der Waals surface area contributed by atoms with Crippen LogP contribution >= 0.6 is 0 Å². The van der Waals surface area contributed by atoms with Crippen molar-refractivity contribution in [1.29, 1.82) is 0 Å². The third-order valence-electron chi connectivity index (χ3n) is 2.56. The van der Waals surface area contributed by atoms with Crippen molar-refractivity contribution in [1.82, 2.24) is 10.2 Å². The fourth-order valence-corrected chi connectivity index (χ4v) is 1.66. The standard InChI is InChI=1S/C9H15N3O/c1-7(8-2-3-13-6-8)12-9-4-10-11-5-9/h4-5,7-8,12H,2-3,6H2,1H3,(H,10,11). The van der Waals surface area contributed by atoms with Gasteiger partial charge in [-0.15, -0.1) is 0 Å². The monoisotopic (exact) mass is 181 g/mol. The summed E-state index contributed by atoms with van der Waals surface area (Å²) in [6.07, 6.45) is 4.82. The number of hydrogen-bond donors (Lipinski definition) is 2. The Morgan fingerprint density at radius 2 is 2.69 bits per heavy atom. The van der Waals surface area contributed by atoms with Crippen LogP contribution in [0.2, 0.25) is 0 Å². The number of nitrogens with one attached hydrogen (secondary N) is 2. The van der Waals surface area contributed by atoms with Gasteiger partial charge in [-0.25, -0.2) is 0 Å². The second kappa shape index (κ2) is 3.79. The molecule has 2 N–H and O–H groups in total. The van der Waals surface area contributed by atoms with E-state index in [0.29, 0.717) is 12.0 Å². The molecule has 0 aliphatic carbocycles. The van der Waals surface area contributed by atoms with Crippen molar-refractivity contribution in [3.05, 3.63) is 12.4 Å². The number of H-pyrrole nitrogens is 1. The van der Waals surface area contributed by atoms with Crippen LogP contribution in [0.25, 0.3) is 0 Å². The third-order valence-corrected chi connectivity index (χ3v) is 2.56. The number of nitrogens with zero attached hydrogens (tertiary/aromatic N) is 1. The van der Waals surface area contributed by atoms with Crippen molar-refractivity contribution in [3.8, 4) is 0 Å². The summed E-state index contributed by atoms with van der Waals surface area (Å²) in [6, 6.07) is 0.458. The minimum Gasteiger partial charge on any atom is -0.381 e. The average Bonchev–Trinajstić information content (AvgIpc) is 2.74. The molecule has 0 spiro atoms. The maximum atomic E-state index is 5.33. The molecule has 2 heterocycles. The summed E-state index contributed by atoms with van der Waals surface area (Å²) >= 11 is 0. The van der Waals surface area contributed by atoms with Crippen molar-refractivity contribution in [3.63, 3.8) is 0 Å². The third kappa shape index (κ3) is 2.01. The van der Waals surface area contributed by atoms with E-state index in [1.807, 2.05) is 6.20 Å². The number of hydrogen-bond acceptors (Lipinski definition) is 3. The Labute approximate surface area is 77.7 Å². The molecule has 0 aromatic carbocycles. The van der Waals surface area contributed by atoms with Gasteiger partial charge in [0.1, 0.15) is 0 Å². The molecule has 1 aromatic heterocycles. The summed E-state index contributed by atoms with van der Waals surface area (Å²) in [5, 5.41) is 10.1. The summed E-state index contributed by atoms with van der Waals surface area (Å²) in [6.45, 7) is 3.97. The van der Waals surface area contributed by atoms with Gasteiger partial charge in [0.25, 0.3) is 0 Å². The highest BCUT2D eigenvalue weighted by molar-refractivity contribution is 5.38. The molecular formula is C9H15N3O. The molecule has 1 fully saturated rings. The Balaban J connectivity index is 1.87. The van der Waals surface area contributed by atoms with Gasteiger partial charge in [-0.05, 0) is 13.3 Å². The van der Waals surface area contributed by atoms with E-state index in [2.05, 4.69) is 22.4 Å². The van der Waals surface area contributed by atoms with Crippen molar-refractivity contribution >= 4 is 5.69 Å². The highest BCUT2D eigenvalue weighted by Crippen LogP contribution is 2.19. The van der Waals surface area contributed by atoms with Crippen LogP contribution in [0.15, 0.2) is 12.4 Å². The lowest BCUT2D eigenvalue weighted by Crippen LogP contribution is -2.25. The highest BCUT2D eigenvalue weighted by atomic mass is 16.5. The topological polar surface area (TPSA) is 49.9 Å². The molecule has 2 rings (SSSR count). The minimum absolute atomic E-state index is 0.458. The SMILES string of the molecule is CC(Nc1cn[nH]c1)C1CCOC1. The molecule has 1 aliphatic rings. The van der Waals surface area contributed by atoms with Crippen LogP contribution in [0.5, 0.6) is 0 Å². The van der Waals surface area contributed by atoms with E-state index in [-0.39, 0.29) is 0 Å². The van der Waals surface area contributed by atoms with Gasteiger partial charge in [0.15, 0.2) is 0 Å². The molecular weight excluding hydrogens is 166 g/mol. The van der Waals surface area contributed by atoms with Gasteiger partial charge in [0.2, 0.25) is 0 Å². The zero-order chi connectivity index (χ0) is 9.10. The molecule has 0 saturated carbocycles. The fraction of sp³-hybridized carbons (Fsp3) is 0.667. The number of ether oxygens (including phenoxy) is 1. The predicted octanol–water partition coefficient (Wildman–Crippen LogP) is 1.25. The van der Waals surface area contributed by atoms with Crippen molar-refractivity contribution in [2.75, 3.05) is 18.5 Å².